The van der Waals surface area contributed by atoms with E-state index in [-0.39, 0.29) is 17.1 Å². The van der Waals surface area contributed by atoms with E-state index in [1.165, 1.54) is 39.2 Å². The maximum absolute atomic E-state index is 13.0. The van der Waals surface area contributed by atoms with E-state index < -0.39 is 0 Å². The predicted octanol–water partition coefficient (Wildman–Crippen LogP) is 4.04. The van der Waals surface area contributed by atoms with Crippen molar-refractivity contribution >= 4 is 36.2 Å². The van der Waals surface area contributed by atoms with Gasteiger partial charge in [0.2, 0.25) is 10.7 Å². The molecule has 0 aliphatic heterocycles. The van der Waals surface area contributed by atoms with E-state index in [2.05, 4.69) is 21.5 Å². The third-order valence-electron chi connectivity index (χ3n) is 4.38. The first-order valence-corrected chi connectivity index (χ1v) is 8.26. The van der Waals surface area contributed by atoms with Gasteiger partial charge in [0.25, 0.3) is 0 Å². The van der Waals surface area contributed by atoms with E-state index in [1.807, 2.05) is 0 Å². The van der Waals surface area contributed by atoms with E-state index in [0.29, 0.717) is 5.95 Å². The lowest BCUT2D eigenvalue weighted by Gasteiger charge is -2.16. The molecule has 0 radical (unpaired) electrons. The maximum atomic E-state index is 13.0. The number of halogens is 1. The molecule has 1 aromatic carbocycles. The zero-order valence-corrected chi connectivity index (χ0v) is 13.0. The maximum Gasteiger partial charge on any atom is 0.238 e. The molecule has 2 aliphatic carbocycles. The minimum atomic E-state index is 0.0715. The Hall–Kier alpha value is -1.34. The van der Waals surface area contributed by atoms with E-state index >= 15 is 0 Å². The number of hydrogen-bond donors (Lipinski definition) is 2. The topological polar surface area (TPSA) is 45.6 Å². The number of aryl methyl sites for hydroxylation is 2. The lowest BCUT2D eigenvalue weighted by molar-refractivity contribution is 0.877. The Bertz CT molecular complexity index is 733. The molecular formula is C14H15FN4S2. The van der Waals surface area contributed by atoms with Crippen molar-refractivity contribution in [3.05, 3.63) is 33.1 Å². The summed E-state index contributed by atoms with van der Waals surface area (Å²) < 4.78 is 14.5. The molecule has 2 N–H and O–H groups in total. The average Bonchev–Trinajstić information content (AvgIpc) is 3.17. The standard InChI is InChI=1S/C14H15FN4S2/c15-21-19-13(17-14(20)18-19)16-12-10-5-1-3-8(10)7-9-4-2-6-11(9)12/h7H,1-6H2,(H2,16,17,18,20). The van der Waals surface area contributed by atoms with Crippen LogP contribution >= 0.6 is 24.6 Å². The Morgan fingerprint density at radius 2 is 1.86 bits per heavy atom. The monoisotopic (exact) mass is 322 g/mol. The number of nitrogens with one attached hydrogen (secondary N) is 2. The van der Waals surface area contributed by atoms with Gasteiger partial charge in [0.05, 0.1) is 0 Å². The summed E-state index contributed by atoms with van der Waals surface area (Å²) in [6.45, 7) is 0. The van der Waals surface area contributed by atoms with E-state index in [4.69, 9.17) is 12.2 Å². The van der Waals surface area contributed by atoms with Crippen molar-refractivity contribution in [1.29, 1.82) is 0 Å². The number of rotatable bonds is 3. The lowest BCUT2D eigenvalue weighted by atomic mass is 9.99. The number of aromatic amines is 1. The van der Waals surface area contributed by atoms with Crippen molar-refractivity contribution in [2.45, 2.75) is 38.5 Å². The van der Waals surface area contributed by atoms with Crippen molar-refractivity contribution in [3.63, 3.8) is 0 Å². The molecule has 7 heteroatoms. The average molecular weight is 322 g/mol. The summed E-state index contributed by atoms with van der Waals surface area (Å²) in [5.41, 5.74) is 6.76. The highest BCUT2D eigenvalue weighted by molar-refractivity contribution is 7.92. The van der Waals surface area contributed by atoms with Crippen molar-refractivity contribution < 1.29 is 3.89 Å². The number of hydrogen-bond acceptors (Lipinski definition) is 4. The molecule has 0 fully saturated rings. The van der Waals surface area contributed by atoms with Crippen LogP contribution in [0.3, 0.4) is 0 Å². The summed E-state index contributed by atoms with van der Waals surface area (Å²) in [6.07, 6.45) is 6.83. The number of nitrogens with zero attached hydrogens (tertiary/aromatic N) is 2. The molecule has 0 unspecified atom stereocenters. The van der Waals surface area contributed by atoms with E-state index in [0.717, 1.165) is 31.4 Å². The van der Waals surface area contributed by atoms with Crippen LogP contribution in [0.1, 0.15) is 35.1 Å². The molecule has 4 rings (SSSR count). The van der Waals surface area contributed by atoms with Gasteiger partial charge in [-0.05, 0) is 73.0 Å². The van der Waals surface area contributed by atoms with Crippen LogP contribution < -0.4 is 5.32 Å². The smallest absolute Gasteiger partial charge is 0.238 e. The highest BCUT2D eigenvalue weighted by Gasteiger charge is 2.24. The molecule has 2 aliphatic rings. The van der Waals surface area contributed by atoms with Crippen LogP contribution in [0.25, 0.3) is 0 Å². The fourth-order valence-corrected chi connectivity index (χ4v) is 4.02. The minimum absolute atomic E-state index is 0.0715. The van der Waals surface area contributed by atoms with Gasteiger partial charge >= 0.3 is 0 Å². The SMILES string of the molecule is FSn1[nH]c(=S)nc1Nc1c2c(cc3c1CCC3)CCC2. The van der Waals surface area contributed by atoms with Crippen molar-refractivity contribution in [3.8, 4) is 0 Å². The highest BCUT2D eigenvalue weighted by Crippen LogP contribution is 2.39. The second-order valence-electron chi connectivity index (χ2n) is 5.57. The molecule has 1 heterocycles. The quantitative estimate of drug-likeness (QED) is 0.837. The molecule has 0 bridgehead atoms. The van der Waals surface area contributed by atoms with Gasteiger partial charge in [-0.15, -0.1) is 3.89 Å². The van der Waals surface area contributed by atoms with Gasteiger partial charge in [-0.3, -0.25) is 5.10 Å². The minimum Gasteiger partial charge on any atom is -0.323 e. The summed E-state index contributed by atoms with van der Waals surface area (Å²) >= 11 is 5.07. The zero-order chi connectivity index (χ0) is 14.4. The second-order valence-corrected chi connectivity index (χ2v) is 6.46. The van der Waals surface area contributed by atoms with Crippen LogP contribution in [-0.4, -0.2) is 14.2 Å². The van der Waals surface area contributed by atoms with Crippen molar-refractivity contribution in [1.82, 2.24) is 14.2 Å². The Labute approximate surface area is 131 Å². The molecule has 0 atom stereocenters. The summed E-state index contributed by atoms with van der Waals surface area (Å²) in [5, 5.41) is 6.03. The van der Waals surface area contributed by atoms with Gasteiger partial charge in [-0.25, -0.2) is 0 Å². The molecule has 2 aromatic rings. The van der Waals surface area contributed by atoms with Crippen LogP contribution in [0, 0.1) is 4.77 Å². The Morgan fingerprint density at radius 3 is 2.48 bits per heavy atom. The van der Waals surface area contributed by atoms with E-state index in [9.17, 15) is 3.89 Å². The Kier molecular flexibility index (Phi) is 3.26. The van der Waals surface area contributed by atoms with Gasteiger partial charge < -0.3 is 5.32 Å². The Balaban J connectivity index is 1.83. The number of aromatic nitrogens is 3. The molecule has 0 saturated heterocycles. The molecule has 4 nitrogen and oxygen atoms in total. The fourth-order valence-electron chi connectivity index (χ4n) is 3.51. The molecule has 0 spiro atoms. The molecule has 0 amide bonds. The molecule has 0 saturated carbocycles. The normalized spacial score (nSPS) is 16.0. The largest absolute Gasteiger partial charge is 0.323 e. The first-order valence-electron chi connectivity index (χ1n) is 7.18. The van der Waals surface area contributed by atoms with Gasteiger partial charge in [0.15, 0.2) is 12.3 Å². The molecular weight excluding hydrogens is 307 g/mol. The third-order valence-corrected chi connectivity index (χ3v) is 4.96. The first-order chi connectivity index (χ1) is 10.3. The zero-order valence-electron chi connectivity index (χ0n) is 11.4. The van der Waals surface area contributed by atoms with Gasteiger partial charge in [-0.1, -0.05) is 6.07 Å². The van der Waals surface area contributed by atoms with Crippen molar-refractivity contribution in [2.75, 3.05) is 5.32 Å². The van der Waals surface area contributed by atoms with Crippen LogP contribution in [-0.2, 0) is 25.7 Å². The summed E-state index contributed by atoms with van der Waals surface area (Å²) in [4.78, 5) is 4.18. The van der Waals surface area contributed by atoms with Crippen LogP contribution in [0.5, 0.6) is 0 Å². The first kappa shape index (κ1) is 13.3. The number of H-pyrrole nitrogens is 1. The molecule has 1 aromatic heterocycles. The van der Waals surface area contributed by atoms with E-state index in [1.54, 1.807) is 0 Å². The van der Waals surface area contributed by atoms with Crippen molar-refractivity contribution in [2.24, 2.45) is 0 Å². The fraction of sp³-hybridized carbons (Fsp3) is 0.429. The predicted molar refractivity (Wildman–Crippen MR) is 85.3 cm³/mol. The summed E-state index contributed by atoms with van der Waals surface area (Å²) in [6, 6.07) is 2.37. The Morgan fingerprint density at radius 1 is 1.19 bits per heavy atom. The summed E-state index contributed by atoms with van der Waals surface area (Å²) in [7, 11) is 0. The number of fused-ring (bicyclic) bond motifs is 2. The van der Waals surface area contributed by atoms with Crippen LogP contribution in [0.2, 0.25) is 0 Å². The van der Waals surface area contributed by atoms with Gasteiger partial charge in [-0.2, -0.15) is 9.07 Å². The number of benzene rings is 1. The molecule has 110 valence electrons. The summed E-state index contributed by atoms with van der Waals surface area (Å²) in [5.74, 6) is 0.432. The molecule has 21 heavy (non-hydrogen) atoms. The van der Waals surface area contributed by atoms with Gasteiger partial charge in [0.1, 0.15) is 0 Å². The number of anilines is 2. The van der Waals surface area contributed by atoms with Gasteiger partial charge in [0, 0.05) is 5.69 Å². The van der Waals surface area contributed by atoms with Crippen LogP contribution in [0.4, 0.5) is 15.5 Å². The van der Waals surface area contributed by atoms with Crippen LogP contribution in [0.15, 0.2) is 6.07 Å². The highest BCUT2D eigenvalue weighted by atomic mass is 32.2. The third kappa shape index (κ3) is 2.19. The second kappa shape index (κ2) is 5.14. The lowest BCUT2D eigenvalue weighted by Crippen LogP contribution is -2.05.